The van der Waals surface area contributed by atoms with Crippen LogP contribution in [0.3, 0.4) is 0 Å². The Hall–Kier alpha value is -2.93. The molecule has 0 spiro atoms. The highest BCUT2D eigenvalue weighted by molar-refractivity contribution is 6.30. The molecule has 0 radical (unpaired) electrons. The van der Waals surface area contributed by atoms with E-state index in [0.29, 0.717) is 29.0 Å². The van der Waals surface area contributed by atoms with Crippen molar-refractivity contribution in [1.29, 1.82) is 0 Å². The average molecular weight is 419 g/mol. The Morgan fingerprint density at radius 2 is 1.66 bits per heavy atom. The minimum atomic E-state index is -1.09. The summed E-state index contributed by atoms with van der Waals surface area (Å²) in [6.07, 6.45) is 2.46. The lowest BCUT2D eigenvalue weighted by molar-refractivity contribution is -0.154. The van der Waals surface area contributed by atoms with Crippen LogP contribution in [0.5, 0.6) is 0 Å². The summed E-state index contributed by atoms with van der Waals surface area (Å²) in [4.78, 5) is 36.7. The van der Waals surface area contributed by atoms with Crippen LogP contribution in [-0.2, 0) is 19.7 Å². The molecule has 6 nitrogen and oxygen atoms in total. The Balaban J connectivity index is 1.56. The molecule has 29 heavy (non-hydrogen) atoms. The molecule has 2 amide bonds. The standard InChI is InChI=1S/C21H20ClFN2O4/c22-15-9-7-14(8-10-15)19(27)25-24-18(26)13-29-20(28)21(11-3-4-12-21)16-5-1-2-6-17(16)23/h1-2,5-10H,3-4,11-13H2,(H,24,26)(H,25,27). The van der Waals surface area contributed by atoms with E-state index in [9.17, 15) is 18.8 Å². The number of halogens is 2. The van der Waals surface area contributed by atoms with Gasteiger partial charge in [-0.2, -0.15) is 0 Å². The monoisotopic (exact) mass is 418 g/mol. The Bertz CT molecular complexity index is 911. The van der Waals surface area contributed by atoms with Crippen LogP contribution in [0.1, 0.15) is 41.6 Å². The van der Waals surface area contributed by atoms with Gasteiger partial charge in [-0.05, 0) is 43.2 Å². The van der Waals surface area contributed by atoms with Crippen molar-refractivity contribution in [2.45, 2.75) is 31.1 Å². The zero-order valence-corrected chi connectivity index (χ0v) is 16.3. The number of ether oxygens (including phenoxy) is 1. The number of esters is 1. The van der Waals surface area contributed by atoms with E-state index in [1.807, 2.05) is 0 Å². The number of carbonyl (C=O) groups is 3. The van der Waals surface area contributed by atoms with Gasteiger partial charge in [0.2, 0.25) is 0 Å². The van der Waals surface area contributed by atoms with Gasteiger partial charge >= 0.3 is 5.97 Å². The van der Waals surface area contributed by atoms with E-state index in [1.165, 1.54) is 18.2 Å². The molecule has 8 heteroatoms. The molecule has 1 fully saturated rings. The minimum Gasteiger partial charge on any atom is -0.455 e. The molecule has 2 aromatic rings. The first-order valence-corrected chi connectivity index (χ1v) is 9.57. The summed E-state index contributed by atoms with van der Waals surface area (Å²) in [5, 5.41) is 0.480. The first-order valence-electron chi connectivity index (χ1n) is 9.19. The second-order valence-corrected chi connectivity index (χ2v) is 7.29. The fourth-order valence-corrected chi connectivity index (χ4v) is 3.64. The number of rotatable bonds is 5. The molecule has 0 aromatic heterocycles. The molecular formula is C21H20ClFN2O4. The molecule has 1 aliphatic rings. The number of carbonyl (C=O) groups excluding carboxylic acids is 3. The highest BCUT2D eigenvalue weighted by Gasteiger charge is 2.45. The van der Waals surface area contributed by atoms with E-state index < -0.39 is 35.6 Å². The Morgan fingerprint density at radius 3 is 2.31 bits per heavy atom. The van der Waals surface area contributed by atoms with Crippen molar-refractivity contribution in [3.8, 4) is 0 Å². The smallest absolute Gasteiger partial charge is 0.317 e. The molecule has 1 aliphatic carbocycles. The molecule has 0 atom stereocenters. The molecule has 0 aliphatic heterocycles. The first kappa shape index (κ1) is 20.8. The van der Waals surface area contributed by atoms with Crippen LogP contribution in [0, 0.1) is 5.82 Å². The summed E-state index contributed by atoms with van der Waals surface area (Å²) in [5.74, 6) is -2.35. The van der Waals surface area contributed by atoms with Crippen molar-refractivity contribution in [3.05, 3.63) is 70.5 Å². The minimum absolute atomic E-state index is 0.291. The molecule has 0 bridgehead atoms. The van der Waals surface area contributed by atoms with E-state index in [4.69, 9.17) is 16.3 Å². The second-order valence-electron chi connectivity index (χ2n) is 6.85. The number of nitrogens with one attached hydrogen (secondary N) is 2. The van der Waals surface area contributed by atoms with Gasteiger partial charge in [0.15, 0.2) is 6.61 Å². The molecule has 3 rings (SSSR count). The van der Waals surface area contributed by atoms with Crippen LogP contribution >= 0.6 is 11.6 Å². The summed E-state index contributed by atoms with van der Waals surface area (Å²) in [6.45, 7) is -0.587. The van der Waals surface area contributed by atoms with Crippen molar-refractivity contribution in [2.75, 3.05) is 6.61 Å². The maximum atomic E-state index is 14.3. The number of benzene rings is 2. The van der Waals surface area contributed by atoms with Gasteiger partial charge in [0.1, 0.15) is 5.82 Å². The number of hydrogen-bond donors (Lipinski definition) is 2. The molecule has 1 saturated carbocycles. The van der Waals surface area contributed by atoms with Crippen LogP contribution in [-0.4, -0.2) is 24.4 Å². The zero-order chi connectivity index (χ0) is 20.9. The molecule has 0 heterocycles. The fraction of sp³-hybridized carbons (Fsp3) is 0.286. The number of amides is 2. The lowest BCUT2D eigenvalue weighted by atomic mass is 9.78. The van der Waals surface area contributed by atoms with Gasteiger partial charge in [0.05, 0.1) is 5.41 Å². The van der Waals surface area contributed by atoms with Crippen molar-refractivity contribution < 1.29 is 23.5 Å². The Morgan fingerprint density at radius 1 is 1.00 bits per heavy atom. The normalized spacial score (nSPS) is 14.8. The zero-order valence-electron chi connectivity index (χ0n) is 15.5. The quantitative estimate of drug-likeness (QED) is 0.576. The third kappa shape index (κ3) is 4.74. The van der Waals surface area contributed by atoms with E-state index >= 15 is 0 Å². The van der Waals surface area contributed by atoms with Crippen LogP contribution < -0.4 is 10.9 Å². The maximum Gasteiger partial charge on any atom is 0.317 e. The maximum absolute atomic E-state index is 14.3. The number of hydrazine groups is 1. The summed E-state index contributed by atoms with van der Waals surface area (Å²) in [6, 6.07) is 12.2. The largest absolute Gasteiger partial charge is 0.455 e. The molecule has 2 aromatic carbocycles. The molecule has 152 valence electrons. The van der Waals surface area contributed by atoms with Gasteiger partial charge in [0.25, 0.3) is 11.8 Å². The molecule has 2 N–H and O–H groups in total. The van der Waals surface area contributed by atoms with E-state index in [0.717, 1.165) is 12.8 Å². The molecular weight excluding hydrogens is 399 g/mol. The van der Waals surface area contributed by atoms with Crippen LogP contribution in [0.4, 0.5) is 4.39 Å². The van der Waals surface area contributed by atoms with Gasteiger partial charge in [-0.1, -0.05) is 42.6 Å². The highest BCUT2D eigenvalue weighted by atomic mass is 35.5. The first-order chi connectivity index (χ1) is 13.9. The van der Waals surface area contributed by atoms with Crippen LogP contribution in [0.15, 0.2) is 48.5 Å². The third-order valence-electron chi connectivity index (χ3n) is 4.99. The fourth-order valence-electron chi connectivity index (χ4n) is 3.52. The number of hydrogen-bond acceptors (Lipinski definition) is 4. The van der Waals surface area contributed by atoms with Gasteiger partial charge in [-0.15, -0.1) is 0 Å². The third-order valence-corrected chi connectivity index (χ3v) is 5.25. The van der Waals surface area contributed by atoms with E-state index in [2.05, 4.69) is 10.9 Å². The summed E-state index contributed by atoms with van der Waals surface area (Å²) in [5.41, 5.74) is 3.92. The predicted octanol–water partition coefficient (Wildman–Crippen LogP) is 3.30. The van der Waals surface area contributed by atoms with Gasteiger partial charge in [-0.25, -0.2) is 4.39 Å². The highest BCUT2D eigenvalue weighted by Crippen LogP contribution is 2.43. The Labute approximate surface area is 172 Å². The van der Waals surface area contributed by atoms with Crippen molar-refractivity contribution in [3.63, 3.8) is 0 Å². The topological polar surface area (TPSA) is 84.5 Å². The lowest BCUT2D eigenvalue weighted by Gasteiger charge is -2.27. The molecule has 0 saturated heterocycles. The van der Waals surface area contributed by atoms with Crippen molar-refractivity contribution >= 4 is 29.4 Å². The average Bonchev–Trinajstić information content (AvgIpc) is 3.22. The van der Waals surface area contributed by atoms with Gasteiger partial charge in [0, 0.05) is 16.1 Å². The summed E-state index contributed by atoms with van der Waals surface area (Å²) < 4.78 is 19.5. The lowest BCUT2D eigenvalue weighted by Crippen LogP contribution is -2.44. The summed E-state index contributed by atoms with van der Waals surface area (Å²) in [7, 11) is 0. The second kappa shape index (κ2) is 9.05. The van der Waals surface area contributed by atoms with Crippen molar-refractivity contribution in [2.24, 2.45) is 0 Å². The van der Waals surface area contributed by atoms with Crippen LogP contribution in [0.2, 0.25) is 5.02 Å². The van der Waals surface area contributed by atoms with Crippen LogP contribution in [0.25, 0.3) is 0 Å². The van der Waals surface area contributed by atoms with E-state index in [-0.39, 0.29) is 0 Å². The summed E-state index contributed by atoms with van der Waals surface area (Å²) >= 11 is 5.76. The SMILES string of the molecule is O=C(COC(=O)C1(c2ccccc2F)CCCC1)NNC(=O)c1ccc(Cl)cc1. The van der Waals surface area contributed by atoms with Gasteiger partial charge in [-0.3, -0.25) is 25.2 Å². The Kier molecular flexibility index (Phi) is 6.49. The molecule has 0 unspecified atom stereocenters. The van der Waals surface area contributed by atoms with Crippen molar-refractivity contribution in [1.82, 2.24) is 10.9 Å². The van der Waals surface area contributed by atoms with Gasteiger partial charge < -0.3 is 4.74 Å². The predicted molar refractivity (Wildman–Crippen MR) is 105 cm³/mol. The van der Waals surface area contributed by atoms with E-state index in [1.54, 1.807) is 30.3 Å².